The molecule has 176 valence electrons. The summed E-state index contributed by atoms with van der Waals surface area (Å²) in [5.74, 6) is 0.218. The minimum Gasteiger partial charge on any atom is -0.482 e. The van der Waals surface area contributed by atoms with Gasteiger partial charge in [-0.15, -0.1) is 0 Å². The first-order chi connectivity index (χ1) is 16.4. The van der Waals surface area contributed by atoms with Crippen LogP contribution in [-0.2, 0) is 13.2 Å². The van der Waals surface area contributed by atoms with Crippen molar-refractivity contribution >= 4 is 11.6 Å². The normalized spacial score (nSPS) is 14.1. The molecule has 7 nitrogen and oxygen atoms in total. The van der Waals surface area contributed by atoms with Gasteiger partial charge in [-0.25, -0.2) is 0 Å². The standard InChI is InChI=1S/C27H29N3O4/c1-20-10-11-26(25(16-20)30(32)33)34-19-22-7-5-9-23(17-22)27(31)29-14-12-28(13-15-29)18-24-8-4-3-6-21(24)2/h3-11,16-17H,12-15,18-19H2,1-2H3. The molecule has 1 fully saturated rings. The van der Waals surface area contributed by atoms with Crippen molar-refractivity contribution in [3.8, 4) is 5.75 Å². The topological polar surface area (TPSA) is 75.9 Å². The van der Waals surface area contributed by atoms with Crippen LogP contribution in [0.3, 0.4) is 0 Å². The smallest absolute Gasteiger partial charge is 0.311 e. The fourth-order valence-corrected chi connectivity index (χ4v) is 4.17. The molecular formula is C27H29N3O4. The lowest BCUT2D eigenvalue weighted by Crippen LogP contribution is -2.48. The third-order valence-electron chi connectivity index (χ3n) is 6.19. The predicted molar refractivity (Wildman–Crippen MR) is 131 cm³/mol. The Balaban J connectivity index is 1.35. The van der Waals surface area contributed by atoms with Crippen LogP contribution in [0.5, 0.6) is 5.75 Å². The summed E-state index contributed by atoms with van der Waals surface area (Å²) in [6.45, 7) is 8.00. The highest BCUT2D eigenvalue weighted by molar-refractivity contribution is 5.94. The van der Waals surface area contributed by atoms with Crippen LogP contribution in [0.4, 0.5) is 5.69 Å². The number of hydrogen-bond acceptors (Lipinski definition) is 5. The summed E-state index contributed by atoms with van der Waals surface area (Å²) < 4.78 is 5.73. The summed E-state index contributed by atoms with van der Waals surface area (Å²) in [7, 11) is 0. The van der Waals surface area contributed by atoms with Gasteiger partial charge in [-0.1, -0.05) is 42.5 Å². The van der Waals surface area contributed by atoms with Gasteiger partial charge in [0.2, 0.25) is 0 Å². The number of nitrogens with zero attached hydrogens (tertiary/aromatic N) is 3. The summed E-state index contributed by atoms with van der Waals surface area (Å²) in [6.07, 6.45) is 0. The summed E-state index contributed by atoms with van der Waals surface area (Å²) >= 11 is 0. The van der Waals surface area contributed by atoms with Gasteiger partial charge >= 0.3 is 5.69 Å². The second kappa shape index (κ2) is 10.5. The molecule has 0 spiro atoms. The molecule has 3 aromatic carbocycles. The van der Waals surface area contributed by atoms with Crippen LogP contribution in [0.1, 0.15) is 32.6 Å². The van der Waals surface area contributed by atoms with E-state index in [1.54, 1.807) is 25.1 Å². The molecule has 34 heavy (non-hydrogen) atoms. The summed E-state index contributed by atoms with van der Waals surface area (Å²) in [5.41, 5.74) is 4.74. The lowest BCUT2D eigenvalue weighted by molar-refractivity contribution is -0.386. The zero-order valence-corrected chi connectivity index (χ0v) is 19.6. The molecular weight excluding hydrogens is 430 g/mol. The van der Waals surface area contributed by atoms with E-state index in [2.05, 4.69) is 36.1 Å². The molecule has 0 unspecified atom stereocenters. The van der Waals surface area contributed by atoms with Crippen LogP contribution in [0, 0.1) is 24.0 Å². The number of hydrogen-bond donors (Lipinski definition) is 0. The molecule has 0 bridgehead atoms. The van der Waals surface area contributed by atoms with Crippen LogP contribution in [0.2, 0.25) is 0 Å². The van der Waals surface area contributed by atoms with Crippen LogP contribution in [0.15, 0.2) is 66.7 Å². The molecule has 0 atom stereocenters. The lowest BCUT2D eigenvalue weighted by atomic mass is 10.1. The average Bonchev–Trinajstić information content (AvgIpc) is 2.85. The van der Waals surface area contributed by atoms with Crippen molar-refractivity contribution in [2.45, 2.75) is 27.0 Å². The summed E-state index contributed by atoms with van der Waals surface area (Å²) in [4.78, 5) is 28.2. The molecule has 3 aromatic rings. The summed E-state index contributed by atoms with van der Waals surface area (Å²) in [6, 6.07) is 20.6. The van der Waals surface area contributed by atoms with Gasteiger partial charge in [0.05, 0.1) is 4.92 Å². The van der Waals surface area contributed by atoms with Crippen LogP contribution in [0.25, 0.3) is 0 Å². The van der Waals surface area contributed by atoms with E-state index in [4.69, 9.17) is 4.74 Å². The van der Waals surface area contributed by atoms with Gasteiger partial charge in [-0.05, 0) is 54.3 Å². The Kier molecular flexibility index (Phi) is 7.23. The van der Waals surface area contributed by atoms with Crippen molar-refractivity contribution in [1.29, 1.82) is 0 Å². The predicted octanol–water partition coefficient (Wildman–Crippen LogP) is 4.75. The average molecular weight is 460 g/mol. The van der Waals surface area contributed by atoms with Crippen molar-refractivity contribution in [2.75, 3.05) is 26.2 Å². The molecule has 0 N–H and O–H groups in total. The highest BCUT2D eigenvalue weighted by atomic mass is 16.6. The van der Waals surface area contributed by atoms with Crippen LogP contribution >= 0.6 is 0 Å². The second-order valence-electron chi connectivity index (χ2n) is 8.71. The molecule has 0 aliphatic carbocycles. The van der Waals surface area contributed by atoms with Crippen molar-refractivity contribution in [1.82, 2.24) is 9.80 Å². The van der Waals surface area contributed by atoms with Crippen molar-refractivity contribution in [3.63, 3.8) is 0 Å². The quantitative estimate of drug-likeness (QED) is 0.377. The number of aryl methyl sites for hydroxylation is 2. The molecule has 1 aliphatic heterocycles. The van der Waals surface area contributed by atoms with Gasteiger partial charge in [-0.3, -0.25) is 19.8 Å². The highest BCUT2D eigenvalue weighted by Gasteiger charge is 2.23. The Bertz CT molecular complexity index is 1190. The number of carbonyl (C=O) groups is 1. The van der Waals surface area contributed by atoms with Gasteiger partial charge in [0.15, 0.2) is 5.75 Å². The number of ether oxygens (including phenoxy) is 1. The minimum atomic E-state index is -0.443. The Morgan fingerprint density at radius 2 is 1.74 bits per heavy atom. The zero-order chi connectivity index (χ0) is 24.1. The minimum absolute atomic E-state index is 0.00120. The van der Waals surface area contributed by atoms with Crippen molar-refractivity contribution in [3.05, 3.63) is 105 Å². The Hall–Kier alpha value is -3.71. The van der Waals surface area contributed by atoms with E-state index in [0.29, 0.717) is 18.7 Å². The van der Waals surface area contributed by atoms with Gasteiger partial charge in [0.1, 0.15) is 6.61 Å². The van der Waals surface area contributed by atoms with Crippen LogP contribution in [-0.4, -0.2) is 46.8 Å². The van der Waals surface area contributed by atoms with E-state index in [1.807, 2.05) is 23.1 Å². The number of benzene rings is 3. The first-order valence-electron chi connectivity index (χ1n) is 11.4. The van der Waals surface area contributed by atoms with E-state index in [-0.39, 0.29) is 24.0 Å². The van der Waals surface area contributed by atoms with Gasteiger partial charge in [0.25, 0.3) is 5.91 Å². The molecule has 4 rings (SSSR count). The van der Waals surface area contributed by atoms with E-state index in [1.165, 1.54) is 17.2 Å². The number of nitro benzene ring substituents is 1. The van der Waals surface area contributed by atoms with Gasteiger partial charge in [-0.2, -0.15) is 0 Å². The van der Waals surface area contributed by atoms with E-state index >= 15 is 0 Å². The third-order valence-corrected chi connectivity index (χ3v) is 6.19. The Morgan fingerprint density at radius 1 is 0.971 bits per heavy atom. The molecule has 0 aromatic heterocycles. The maximum Gasteiger partial charge on any atom is 0.311 e. The Morgan fingerprint density at radius 3 is 2.47 bits per heavy atom. The zero-order valence-electron chi connectivity index (χ0n) is 19.6. The number of nitro groups is 1. The molecule has 1 amide bonds. The second-order valence-corrected chi connectivity index (χ2v) is 8.71. The van der Waals surface area contributed by atoms with Crippen molar-refractivity contribution < 1.29 is 14.5 Å². The fraction of sp³-hybridized carbons (Fsp3) is 0.296. The van der Waals surface area contributed by atoms with Gasteiger partial charge in [0, 0.05) is 44.4 Å². The largest absolute Gasteiger partial charge is 0.482 e. The molecule has 1 heterocycles. The molecule has 1 aliphatic rings. The molecule has 0 radical (unpaired) electrons. The van der Waals surface area contributed by atoms with Crippen LogP contribution < -0.4 is 4.74 Å². The number of piperazine rings is 1. The molecule has 0 saturated carbocycles. The number of amides is 1. The van der Waals surface area contributed by atoms with E-state index in [0.717, 1.165) is 30.8 Å². The third kappa shape index (κ3) is 5.61. The summed E-state index contributed by atoms with van der Waals surface area (Å²) in [5, 5.41) is 11.3. The maximum atomic E-state index is 13.1. The van der Waals surface area contributed by atoms with Crippen molar-refractivity contribution in [2.24, 2.45) is 0 Å². The SMILES string of the molecule is Cc1ccc(OCc2cccc(C(=O)N3CCN(Cc4ccccc4C)CC3)c2)c([N+](=O)[O-])c1. The van der Waals surface area contributed by atoms with E-state index < -0.39 is 4.92 Å². The highest BCUT2D eigenvalue weighted by Crippen LogP contribution is 2.28. The maximum absolute atomic E-state index is 13.1. The first kappa shape index (κ1) is 23.4. The number of rotatable bonds is 7. The molecule has 1 saturated heterocycles. The fourth-order valence-electron chi connectivity index (χ4n) is 4.17. The monoisotopic (exact) mass is 459 g/mol. The number of carbonyl (C=O) groups excluding carboxylic acids is 1. The van der Waals surface area contributed by atoms with E-state index in [9.17, 15) is 14.9 Å². The first-order valence-corrected chi connectivity index (χ1v) is 11.4. The lowest BCUT2D eigenvalue weighted by Gasteiger charge is -2.35. The van der Waals surface area contributed by atoms with Gasteiger partial charge < -0.3 is 9.64 Å². The Labute approximate surface area is 199 Å². The molecule has 7 heteroatoms.